The van der Waals surface area contributed by atoms with Crippen molar-refractivity contribution in [1.29, 1.82) is 0 Å². The molecule has 0 aromatic carbocycles. The van der Waals surface area contributed by atoms with Crippen LogP contribution < -0.4 is 0 Å². The molecular formula is C16H23N3O. The van der Waals surface area contributed by atoms with E-state index in [-0.39, 0.29) is 5.54 Å². The molecule has 1 unspecified atom stereocenters. The van der Waals surface area contributed by atoms with E-state index in [1.165, 1.54) is 12.0 Å². The van der Waals surface area contributed by atoms with E-state index in [0.29, 0.717) is 5.91 Å². The molecule has 0 aliphatic carbocycles. The quantitative estimate of drug-likeness (QED) is 0.827. The molecule has 108 valence electrons. The monoisotopic (exact) mass is 273 g/mol. The number of piperidine rings is 2. The van der Waals surface area contributed by atoms with Gasteiger partial charge in [-0.3, -0.25) is 14.7 Å². The third-order valence-electron chi connectivity index (χ3n) is 4.88. The SMILES string of the molecule is CN1C(=O)CCCC12CCCN(Cc1cccnc1)C2. The zero-order valence-corrected chi connectivity index (χ0v) is 12.2. The summed E-state index contributed by atoms with van der Waals surface area (Å²) in [5.41, 5.74) is 1.34. The molecular weight excluding hydrogens is 250 g/mol. The number of hydrogen-bond donors (Lipinski definition) is 0. The molecule has 2 aliphatic heterocycles. The number of likely N-dealkylation sites (tertiary alicyclic amines) is 2. The van der Waals surface area contributed by atoms with E-state index in [4.69, 9.17) is 0 Å². The van der Waals surface area contributed by atoms with Gasteiger partial charge in [-0.25, -0.2) is 0 Å². The topological polar surface area (TPSA) is 36.4 Å². The zero-order chi connectivity index (χ0) is 14.0. The number of nitrogens with zero attached hydrogens (tertiary/aromatic N) is 3. The fourth-order valence-electron chi connectivity index (χ4n) is 3.74. The molecule has 1 aromatic heterocycles. The zero-order valence-electron chi connectivity index (χ0n) is 12.2. The molecule has 20 heavy (non-hydrogen) atoms. The summed E-state index contributed by atoms with van der Waals surface area (Å²) in [7, 11) is 2.00. The van der Waals surface area contributed by atoms with Crippen LogP contribution in [-0.4, -0.2) is 46.4 Å². The summed E-state index contributed by atoms with van der Waals surface area (Å²) in [6.45, 7) is 3.07. The van der Waals surface area contributed by atoms with Gasteiger partial charge in [-0.15, -0.1) is 0 Å². The average molecular weight is 273 g/mol. The average Bonchev–Trinajstić information content (AvgIpc) is 2.46. The highest BCUT2D eigenvalue weighted by atomic mass is 16.2. The lowest BCUT2D eigenvalue weighted by atomic mass is 9.80. The van der Waals surface area contributed by atoms with Gasteiger partial charge in [0.25, 0.3) is 0 Å². The fourth-order valence-corrected chi connectivity index (χ4v) is 3.74. The smallest absolute Gasteiger partial charge is 0.222 e. The maximum absolute atomic E-state index is 12.0. The van der Waals surface area contributed by atoms with Gasteiger partial charge >= 0.3 is 0 Å². The van der Waals surface area contributed by atoms with Crippen molar-refractivity contribution in [3.63, 3.8) is 0 Å². The second-order valence-corrected chi connectivity index (χ2v) is 6.21. The number of carbonyl (C=O) groups is 1. The summed E-state index contributed by atoms with van der Waals surface area (Å²) in [6.07, 6.45) is 9.01. The number of pyridine rings is 1. The summed E-state index contributed by atoms with van der Waals surface area (Å²) < 4.78 is 0. The molecule has 4 nitrogen and oxygen atoms in total. The Hall–Kier alpha value is -1.42. The summed E-state index contributed by atoms with van der Waals surface area (Å²) >= 11 is 0. The Bertz CT molecular complexity index is 472. The molecule has 0 bridgehead atoms. The van der Waals surface area contributed by atoms with Crippen LogP contribution in [0.1, 0.15) is 37.7 Å². The van der Waals surface area contributed by atoms with Gasteiger partial charge in [0.1, 0.15) is 0 Å². The van der Waals surface area contributed by atoms with E-state index in [2.05, 4.69) is 16.0 Å². The van der Waals surface area contributed by atoms with Crippen molar-refractivity contribution in [2.75, 3.05) is 20.1 Å². The number of likely N-dealkylation sites (N-methyl/N-ethyl adjacent to an activating group) is 1. The van der Waals surface area contributed by atoms with Gasteiger partial charge in [-0.2, -0.15) is 0 Å². The third kappa shape index (κ3) is 2.57. The molecule has 1 atom stereocenters. The molecule has 4 heteroatoms. The van der Waals surface area contributed by atoms with Gasteiger partial charge in [0.15, 0.2) is 0 Å². The molecule has 3 rings (SSSR count). The second kappa shape index (κ2) is 5.52. The molecule has 1 spiro atoms. The summed E-state index contributed by atoms with van der Waals surface area (Å²) in [4.78, 5) is 20.7. The van der Waals surface area contributed by atoms with Crippen LogP contribution >= 0.6 is 0 Å². The van der Waals surface area contributed by atoms with Crippen LogP contribution in [-0.2, 0) is 11.3 Å². The van der Waals surface area contributed by atoms with Crippen LogP contribution in [0.15, 0.2) is 24.5 Å². The summed E-state index contributed by atoms with van der Waals surface area (Å²) in [5, 5.41) is 0. The molecule has 0 saturated carbocycles. The van der Waals surface area contributed by atoms with Gasteiger partial charge in [-0.05, 0) is 43.9 Å². The normalized spacial score (nSPS) is 28.1. The van der Waals surface area contributed by atoms with E-state index >= 15 is 0 Å². The van der Waals surface area contributed by atoms with Crippen LogP contribution in [0.4, 0.5) is 0 Å². The number of amides is 1. The maximum atomic E-state index is 12.0. The Kier molecular flexibility index (Phi) is 3.74. The molecule has 1 amide bonds. The van der Waals surface area contributed by atoms with Crippen molar-refractivity contribution in [1.82, 2.24) is 14.8 Å². The molecule has 3 heterocycles. The Morgan fingerprint density at radius 3 is 3.00 bits per heavy atom. The first-order valence-electron chi connectivity index (χ1n) is 7.58. The van der Waals surface area contributed by atoms with Gasteiger partial charge in [-0.1, -0.05) is 6.07 Å². The minimum atomic E-state index is 0.0792. The van der Waals surface area contributed by atoms with Crippen LogP contribution in [0.3, 0.4) is 0 Å². The predicted octanol–water partition coefficient (Wildman–Crippen LogP) is 2.06. The van der Waals surface area contributed by atoms with E-state index in [1.807, 2.05) is 30.4 Å². The first-order chi connectivity index (χ1) is 9.70. The molecule has 0 radical (unpaired) electrons. The molecule has 2 aliphatic rings. The van der Waals surface area contributed by atoms with Gasteiger partial charge in [0.05, 0.1) is 5.54 Å². The number of carbonyl (C=O) groups excluding carboxylic acids is 1. The van der Waals surface area contributed by atoms with Crippen molar-refractivity contribution in [2.24, 2.45) is 0 Å². The second-order valence-electron chi connectivity index (χ2n) is 6.21. The van der Waals surface area contributed by atoms with Crippen LogP contribution in [0, 0.1) is 0 Å². The van der Waals surface area contributed by atoms with E-state index < -0.39 is 0 Å². The standard InChI is InChI=1S/C16H23N3O/c1-18-15(20)6-2-7-16(18)8-4-10-19(13-16)12-14-5-3-9-17-11-14/h3,5,9,11H,2,4,6-8,10,12-13H2,1H3. The maximum Gasteiger partial charge on any atom is 0.222 e. The molecule has 2 saturated heterocycles. The third-order valence-corrected chi connectivity index (χ3v) is 4.88. The lowest BCUT2D eigenvalue weighted by molar-refractivity contribution is -0.142. The minimum Gasteiger partial charge on any atom is -0.339 e. The van der Waals surface area contributed by atoms with Gasteiger partial charge in [0.2, 0.25) is 5.91 Å². The lowest BCUT2D eigenvalue weighted by Gasteiger charge is -2.50. The highest BCUT2D eigenvalue weighted by molar-refractivity contribution is 5.77. The minimum absolute atomic E-state index is 0.0792. The van der Waals surface area contributed by atoms with Gasteiger partial charge < -0.3 is 4.90 Å². The van der Waals surface area contributed by atoms with Crippen LogP contribution in [0.2, 0.25) is 0 Å². The molecule has 1 aromatic rings. The first kappa shape index (κ1) is 13.6. The Morgan fingerprint density at radius 1 is 1.35 bits per heavy atom. The van der Waals surface area contributed by atoms with Crippen molar-refractivity contribution < 1.29 is 4.79 Å². The Labute approximate surface area is 120 Å². The van der Waals surface area contributed by atoms with Crippen LogP contribution in [0.5, 0.6) is 0 Å². The summed E-state index contributed by atoms with van der Waals surface area (Å²) in [6, 6.07) is 4.12. The largest absolute Gasteiger partial charge is 0.339 e. The highest BCUT2D eigenvalue weighted by Gasteiger charge is 2.42. The Balaban J connectivity index is 1.71. The Morgan fingerprint density at radius 2 is 2.20 bits per heavy atom. The van der Waals surface area contributed by atoms with E-state index in [0.717, 1.165) is 45.3 Å². The molecule has 0 N–H and O–H groups in total. The number of rotatable bonds is 2. The fraction of sp³-hybridized carbons (Fsp3) is 0.625. The molecule has 2 fully saturated rings. The summed E-state index contributed by atoms with van der Waals surface area (Å²) in [5.74, 6) is 0.319. The first-order valence-corrected chi connectivity index (χ1v) is 7.58. The van der Waals surface area contributed by atoms with Crippen molar-refractivity contribution in [2.45, 2.75) is 44.2 Å². The lowest BCUT2D eigenvalue weighted by Crippen LogP contribution is -2.60. The van der Waals surface area contributed by atoms with Crippen LogP contribution in [0.25, 0.3) is 0 Å². The van der Waals surface area contributed by atoms with Crippen molar-refractivity contribution in [3.05, 3.63) is 30.1 Å². The predicted molar refractivity (Wildman–Crippen MR) is 78.1 cm³/mol. The van der Waals surface area contributed by atoms with E-state index in [1.54, 1.807) is 0 Å². The van der Waals surface area contributed by atoms with Gasteiger partial charge in [0, 0.05) is 39.0 Å². The van der Waals surface area contributed by atoms with E-state index in [9.17, 15) is 4.79 Å². The number of aromatic nitrogens is 1. The van der Waals surface area contributed by atoms with Crippen molar-refractivity contribution in [3.8, 4) is 0 Å². The number of hydrogen-bond acceptors (Lipinski definition) is 3. The highest BCUT2D eigenvalue weighted by Crippen LogP contribution is 2.35. The van der Waals surface area contributed by atoms with Crippen molar-refractivity contribution >= 4 is 5.91 Å².